The summed E-state index contributed by atoms with van der Waals surface area (Å²) < 4.78 is 5.36. The average Bonchev–Trinajstić information content (AvgIpc) is 2.89. The molecule has 1 saturated heterocycles. The van der Waals surface area contributed by atoms with Crippen LogP contribution in [-0.4, -0.2) is 95.4 Å². The van der Waals surface area contributed by atoms with Gasteiger partial charge in [-0.3, -0.25) is 9.80 Å². The molecule has 1 aliphatic rings. The van der Waals surface area contributed by atoms with E-state index in [1.54, 1.807) is 23.9 Å². The number of Topliss-reactive ketones (excluding diaryl/α,β-unsaturated/α-hetero) is 1. The lowest BCUT2D eigenvalue weighted by atomic mass is 10.1. The van der Waals surface area contributed by atoms with Gasteiger partial charge >= 0.3 is 0 Å². The first-order chi connectivity index (χ1) is 16.9. The molecule has 0 aliphatic carbocycles. The number of ketones is 1. The van der Waals surface area contributed by atoms with E-state index in [-0.39, 0.29) is 30.2 Å². The van der Waals surface area contributed by atoms with Crippen molar-refractivity contribution in [3.63, 3.8) is 0 Å². The fourth-order valence-corrected chi connectivity index (χ4v) is 3.87. The highest BCUT2D eigenvalue weighted by Gasteiger charge is 2.20. The van der Waals surface area contributed by atoms with Crippen LogP contribution >= 0.6 is 24.4 Å². The van der Waals surface area contributed by atoms with Crippen LogP contribution < -0.4 is 0 Å². The molecule has 0 aromatic heterocycles. The molecule has 1 fully saturated rings. The molecule has 184 valence electrons. The number of hydrogen-bond donors (Lipinski definition) is 1. The van der Waals surface area contributed by atoms with Gasteiger partial charge in [0.25, 0.3) is 0 Å². The van der Waals surface area contributed by atoms with Crippen molar-refractivity contribution >= 4 is 46.4 Å². The molecule has 0 unspecified atom stereocenters. The minimum atomic E-state index is -0.292. The zero-order valence-electron chi connectivity index (χ0n) is 20.0. The smallest absolute Gasteiger partial charge is 0.187 e. The molecule has 0 radical (unpaired) electrons. The Bertz CT molecular complexity index is 1080. The molecule has 3 rings (SSSR count). The van der Waals surface area contributed by atoms with Gasteiger partial charge in [0.05, 0.1) is 51.2 Å². The predicted octanol–water partition coefficient (Wildman–Crippen LogP) is 3.30. The van der Waals surface area contributed by atoms with E-state index < -0.39 is 0 Å². The lowest BCUT2D eigenvalue weighted by molar-refractivity contribution is -0.115. The van der Waals surface area contributed by atoms with E-state index in [2.05, 4.69) is 5.10 Å². The van der Waals surface area contributed by atoms with Crippen LogP contribution in [0.3, 0.4) is 0 Å². The maximum absolute atomic E-state index is 13.3. The number of carbonyl (C=O) groups excluding carboxylic acids is 1. The first kappa shape index (κ1) is 26.5. The molecule has 35 heavy (non-hydrogen) atoms. The molecule has 0 saturated carbocycles. The van der Waals surface area contributed by atoms with Crippen LogP contribution in [0.5, 0.6) is 0 Å². The zero-order chi connectivity index (χ0) is 25.2. The fraction of sp³-hybridized carbons (Fsp3) is 0.308. The number of thiocarbonyl (C=S) groups is 2. The van der Waals surface area contributed by atoms with E-state index in [0.29, 0.717) is 36.3 Å². The second kappa shape index (κ2) is 13.1. The third-order valence-corrected chi connectivity index (χ3v) is 6.55. The van der Waals surface area contributed by atoms with Crippen LogP contribution in [0.15, 0.2) is 77.1 Å². The van der Waals surface area contributed by atoms with Crippen molar-refractivity contribution in [3.05, 3.63) is 83.1 Å². The molecule has 7 nitrogen and oxygen atoms in total. The Hall–Kier alpha value is -3.14. The summed E-state index contributed by atoms with van der Waals surface area (Å²) in [5, 5.41) is 17.3. The Balaban J connectivity index is 1.79. The maximum Gasteiger partial charge on any atom is 0.187 e. The molecule has 1 aliphatic heterocycles. The Morgan fingerprint density at radius 3 is 1.94 bits per heavy atom. The van der Waals surface area contributed by atoms with Gasteiger partial charge in [-0.05, 0) is 0 Å². The molecule has 2 aromatic carbocycles. The maximum atomic E-state index is 13.3. The zero-order valence-corrected chi connectivity index (χ0v) is 21.6. The van der Waals surface area contributed by atoms with Crippen molar-refractivity contribution in [1.29, 1.82) is 0 Å². The minimum absolute atomic E-state index is 0.00486. The second-order valence-electron chi connectivity index (χ2n) is 8.15. The van der Waals surface area contributed by atoms with Gasteiger partial charge in [-0.2, -0.15) is 5.10 Å². The Labute approximate surface area is 217 Å². The third kappa shape index (κ3) is 7.68. The molecule has 0 spiro atoms. The lowest BCUT2D eigenvalue weighted by Crippen LogP contribution is -2.35. The number of likely N-dealkylation sites (N-methyl/N-ethyl adjacent to an activating group) is 2. The van der Waals surface area contributed by atoms with Crippen molar-refractivity contribution in [1.82, 2.24) is 14.8 Å². The van der Waals surface area contributed by atoms with E-state index in [1.165, 1.54) is 6.21 Å². The molecule has 0 atom stereocenters. The number of hydrogen-bond acceptors (Lipinski definition) is 7. The number of aliphatic hydroxyl groups is 1. The Kier molecular flexibility index (Phi) is 9.89. The minimum Gasteiger partial charge on any atom is -0.510 e. The molecule has 2 aromatic rings. The second-order valence-corrected chi connectivity index (χ2v) is 8.92. The van der Waals surface area contributed by atoms with Gasteiger partial charge in [0.1, 0.15) is 15.7 Å². The number of rotatable bonds is 9. The van der Waals surface area contributed by atoms with E-state index in [0.717, 1.165) is 11.1 Å². The summed E-state index contributed by atoms with van der Waals surface area (Å²) in [5.74, 6) is -0.397. The van der Waals surface area contributed by atoms with Crippen LogP contribution in [-0.2, 0) is 9.53 Å². The van der Waals surface area contributed by atoms with E-state index in [1.807, 2.05) is 65.7 Å². The van der Waals surface area contributed by atoms with Crippen molar-refractivity contribution < 1.29 is 14.6 Å². The van der Waals surface area contributed by atoms with Gasteiger partial charge in [-0.1, -0.05) is 85.1 Å². The molecule has 1 N–H and O–H groups in total. The van der Waals surface area contributed by atoms with Crippen LogP contribution in [0.2, 0.25) is 0 Å². The van der Waals surface area contributed by atoms with Crippen LogP contribution in [0.1, 0.15) is 11.1 Å². The van der Waals surface area contributed by atoms with Crippen molar-refractivity contribution in [2.45, 2.75) is 0 Å². The number of nitrogens with zero attached hydrogens (tertiary/aromatic N) is 4. The van der Waals surface area contributed by atoms with Gasteiger partial charge < -0.3 is 19.6 Å². The molecular formula is C26H30N4O3S2. The number of carbonyl (C=O) groups is 1. The van der Waals surface area contributed by atoms with Gasteiger partial charge in [0, 0.05) is 25.2 Å². The monoisotopic (exact) mass is 510 g/mol. The predicted molar refractivity (Wildman–Crippen MR) is 147 cm³/mol. The first-order valence-electron chi connectivity index (χ1n) is 11.3. The third-order valence-electron chi connectivity index (χ3n) is 5.45. The number of morpholine rings is 1. The fourth-order valence-electron chi connectivity index (χ4n) is 3.47. The number of hydrazone groups is 1. The summed E-state index contributed by atoms with van der Waals surface area (Å²) in [7, 11) is 3.54. The van der Waals surface area contributed by atoms with Gasteiger partial charge in [0.15, 0.2) is 5.78 Å². The van der Waals surface area contributed by atoms with E-state index >= 15 is 0 Å². The van der Waals surface area contributed by atoms with Crippen molar-refractivity contribution in [2.75, 3.05) is 53.5 Å². The number of aliphatic hydroxyl groups excluding tert-OH is 1. The molecule has 0 bridgehead atoms. The summed E-state index contributed by atoms with van der Waals surface area (Å²) in [4.78, 5) is 17.9. The standard InChI is InChI=1S/C26H30N4O3S2/c1-28(25(34)20-9-5-3-6-10-20)18-23(31)22(17-27-30-13-15-33-16-14-30)24(32)19-29(2)26(35)21-11-7-4-8-12-21/h3-12,17,31H,13-16,18-19H2,1-2H3. The van der Waals surface area contributed by atoms with Gasteiger partial charge in [-0.25, -0.2) is 0 Å². The number of ether oxygens (including phenoxy) is 1. The molecular weight excluding hydrogens is 480 g/mol. The number of benzene rings is 2. The summed E-state index contributed by atoms with van der Waals surface area (Å²) in [6.45, 7) is 2.44. The van der Waals surface area contributed by atoms with Crippen LogP contribution in [0, 0.1) is 0 Å². The summed E-state index contributed by atoms with van der Waals surface area (Å²) in [6, 6.07) is 19.0. The van der Waals surface area contributed by atoms with E-state index in [4.69, 9.17) is 29.2 Å². The highest BCUT2D eigenvalue weighted by atomic mass is 32.1. The topological polar surface area (TPSA) is 68.6 Å². The Morgan fingerprint density at radius 2 is 1.43 bits per heavy atom. The quantitative estimate of drug-likeness (QED) is 0.239. The van der Waals surface area contributed by atoms with Crippen LogP contribution in [0.25, 0.3) is 0 Å². The van der Waals surface area contributed by atoms with Gasteiger partial charge in [0.2, 0.25) is 0 Å². The largest absolute Gasteiger partial charge is 0.510 e. The summed E-state index contributed by atoms with van der Waals surface area (Å²) in [5.41, 5.74) is 1.84. The normalized spacial score (nSPS) is 14.4. The average molecular weight is 511 g/mol. The molecule has 0 amide bonds. The highest BCUT2D eigenvalue weighted by Crippen LogP contribution is 2.12. The van der Waals surface area contributed by atoms with Crippen molar-refractivity contribution in [3.8, 4) is 0 Å². The first-order valence-corrected chi connectivity index (χ1v) is 12.1. The molecule has 1 heterocycles. The molecule has 9 heteroatoms. The van der Waals surface area contributed by atoms with Gasteiger partial charge in [-0.15, -0.1) is 0 Å². The van der Waals surface area contributed by atoms with Crippen molar-refractivity contribution in [2.24, 2.45) is 5.10 Å². The Morgan fingerprint density at radius 1 is 0.943 bits per heavy atom. The van der Waals surface area contributed by atoms with E-state index in [9.17, 15) is 9.90 Å². The summed E-state index contributed by atoms with van der Waals surface area (Å²) in [6.07, 6.45) is 1.43. The van der Waals surface area contributed by atoms with Crippen LogP contribution in [0.4, 0.5) is 0 Å². The highest BCUT2D eigenvalue weighted by molar-refractivity contribution is 7.80. The summed E-state index contributed by atoms with van der Waals surface area (Å²) >= 11 is 11.1. The SMILES string of the molecule is CN(CC(=O)C(C=NN1CCOCC1)=C(O)CN(C)C(=S)c1ccccc1)C(=S)c1ccccc1. The lowest BCUT2D eigenvalue weighted by Gasteiger charge is -2.24.